The number of benzene rings is 1. The minimum atomic E-state index is 0.120. The Hall–Kier alpha value is -1.46. The van der Waals surface area contributed by atoms with Crippen LogP contribution >= 0.6 is 11.8 Å². The van der Waals surface area contributed by atoms with E-state index in [1.807, 2.05) is 43.8 Å². The quantitative estimate of drug-likeness (QED) is 0.920. The molecule has 0 fully saturated rings. The van der Waals surface area contributed by atoms with Crippen LogP contribution in [0.2, 0.25) is 0 Å². The van der Waals surface area contributed by atoms with E-state index >= 15 is 0 Å². The van der Waals surface area contributed by atoms with E-state index in [2.05, 4.69) is 11.2 Å². The van der Waals surface area contributed by atoms with E-state index in [-0.39, 0.29) is 6.04 Å². The molecule has 0 saturated heterocycles. The van der Waals surface area contributed by atoms with Crippen LogP contribution in [0.5, 0.6) is 5.75 Å². The molecule has 5 heteroatoms. The molecule has 0 spiro atoms. The van der Waals surface area contributed by atoms with Crippen LogP contribution in [0.3, 0.4) is 0 Å². The molecule has 20 heavy (non-hydrogen) atoms. The number of hydrogen-bond donors (Lipinski definition) is 1. The second kappa shape index (κ2) is 6.33. The number of nitrogens with zero attached hydrogens (tertiary/aromatic N) is 2. The van der Waals surface area contributed by atoms with Crippen LogP contribution in [0.1, 0.15) is 18.2 Å². The van der Waals surface area contributed by atoms with Crippen LogP contribution in [0, 0.1) is 6.92 Å². The maximum atomic E-state index is 5.95. The van der Waals surface area contributed by atoms with Gasteiger partial charge in [-0.25, -0.2) is 0 Å². The normalized spacial score (nSPS) is 12.4. The van der Waals surface area contributed by atoms with Crippen LogP contribution in [0.25, 0.3) is 0 Å². The van der Waals surface area contributed by atoms with Gasteiger partial charge in [0.2, 0.25) is 0 Å². The summed E-state index contributed by atoms with van der Waals surface area (Å²) in [4.78, 5) is 1.09. The van der Waals surface area contributed by atoms with Crippen molar-refractivity contribution >= 4 is 11.8 Å². The summed E-state index contributed by atoms with van der Waals surface area (Å²) in [6.45, 7) is 4.05. The van der Waals surface area contributed by atoms with Crippen molar-refractivity contribution in [1.82, 2.24) is 9.78 Å². The Kier molecular flexibility index (Phi) is 4.73. The number of para-hydroxylation sites is 1. The predicted molar refractivity (Wildman–Crippen MR) is 82.4 cm³/mol. The Morgan fingerprint density at radius 1 is 1.40 bits per heavy atom. The summed E-state index contributed by atoms with van der Waals surface area (Å²) < 4.78 is 7.33. The molecule has 1 unspecified atom stereocenters. The molecule has 2 aromatic rings. The zero-order valence-electron chi connectivity index (χ0n) is 12.4. The van der Waals surface area contributed by atoms with E-state index in [0.29, 0.717) is 0 Å². The van der Waals surface area contributed by atoms with Crippen molar-refractivity contribution in [3.63, 3.8) is 0 Å². The van der Waals surface area contributed by atoms with E-state index in [4.69, 9.17) is 10.5 Å². The molecule has 0 bridgehead atoms. The molecule has 4 nitrogen and oxygen atoms in total. The number of ether oxygens (including phenoxy) is 1. The molecule has 1 aromatic heterocycles. The van der Waals surface area contributed by atoms with Gasteiger partial charge in [0.25, 0.3) is 0 Å². The lowest BCUT2D eigenvalue weighted by Gasteiger charge is -2.11. The van der Waals surface area contributed by atoms with E-state index in [1.165, 1.54) is 5.56 Å². The van der Waals surface area contributed by atoms with Gasteiger partial charge >= 0.3 is 0 Å². The van der Waals surface area contributed by atoms with Gasteiger partial charge in [-0.1, -0.05) is 23.9 Å². The molecule has 1 heterocycles. The summed E-state index contributed by atoms with van der Waals surface area (Å²) >= 11 is 1.67. The van der Waals surface area contributed by atoms with Crippen molar-refractivity contribution in [2.45, 2.75) is 36.2 Å². The Morgan fingerprint density at radius 2 is 2.10 bits per heavy atom. The molecule has 0 aliphatic rings. The van der Waals surface area contributed by atoms with Crippen LogP contribution in [-0.4, -0.2) is 22.9 Å². The molecular formula is C15H21N3OS. The number of aromatic nitrogens is 2. The molecule has 0 amide bonds. The average molecular weight is 291 g/mol. The fourth-order valence-corrected chi connectivity index (χ4v) is 3.31. The summed E-state index contributed by atoms with van der Waals surface area (Å²) in [7, 11) is 3.66. The highest BCUT2D eigenvalue weighted by molar-refractivity contribution is 7.99. The molecule has 0 aliphatic carbocycles. The molecule has 0 aliphatic heterocycles. The highest BCUT2D eigenvalue weighted by Crippen LogP contribution is 2.37. The van der Waals surface area contributed by atoms with Crippen molar-refractivity contribution in [3.05, 3.63) is 35.5 Å². The van der Waals surface area contributed by atoms with Gasteiger partial charge in [0.1, 0.15) is 10.8 Å². The molecule has 0 radical (unpaired) electrons. The van der Waals surface area contributed by atoms with E-state index in [9.17, 15) is 0 Å². The molecule has 2 N–H and O–H groups in total. The Balaban J connectivity index is 2.38. The minimum absolute atomic E-state index is 0.120. The average Bonchev–Trinajstić information content (AvgIpc) is 2.66. The van der Waals surface area contributed by atoms with Crippen molar-refractivity contribution in [2.24, 2.45) is 12.8 Å². The first-order valence-electron chi connectivity index (χ1n) is 6.61. The summed E-state index contributed by atoms with van der Waals surface area (Å²) in [5.74, 6) is 0.878. The third-order valence-corrected chi connectivity index (χ3v) is 4.35. The molecule has 2 rings (SSSR count). The van der Waals surface area contributed by atoms with Crippen LogP contribution in [-0.2, 0) is 13.5 Å². The Labute approximate surface area is 124 Å². The van der Waals surface area contributed by atoms with E-state index in [0.717, 1.165) is 27.8 Å². The SMILES string of the molecule is COc1ccccc1Sc1c(CC(C)N)c(C)nn1C. The summed E-state index contributed by atoms with van der Waals surface area (Å²) in [5, 5.41) is 5.64. The smallest absolute Gasteiger partial charge is 0.132 e. The van der Waals surface area contributed by atoms with Gasteiger partial charge in [-0.3, -0.25) is 4.68 Å². The fraction of sp³-hybridized carbons (Fsp3) is 0.400. The molecule has 1 aromatic carbocycles. The number of nitrogens with two attached hydrogens (primary N) is 1. The van der Waals surface area contributed by atoms with E-state index < -0.39 is 0 Å². The van der Waals surface area contributed by atoms with Crippen molar-refractivity contribution < 1.29 is 4.74 Å². The van der Waals surface area contributed by atoms with Crippen molar-refractivity contribution in [1.29, 1.82) is 0 Å². The number of aryl methyl sites for hydroxylation is 2. The lowest BCUT2D eigenvalue weighted by atomic mass is 10.1. The molecule has 0 saturated carbocycles. The number of methoxy groups -OCH3 is 1. The zero-order valence-corrected chi connectivity index (χ0v) is 13.2. The van der Waals surface area contributed by atoms with Crippen molar-refractivity contribution in [3.8, 4) is 5.75 Å². The van der Waals surface area contributed by atoms with Crippen LogP contribution in [0.4, 0.5) is 0 Å². The van der Waals surface area contributed by atoms with Gasteiger partial charge in [-0.15, -0.1) is 0 Å². The van der Waals surface area contributed by atoms with Gasteiger partial charge in [-0.2, -0.15) is 5.10 Å². The van der Waals surface area contributed by atoms with Crippen molar-refractivity contribution in [2.75, 3.05) is 7.11 Å². The lowest BCUT2D eigenvalue weighted by molar-refractivity contribution is 0.405. The van der Waals surface area contributed by atoms with Gasteiger partial charge in [0, 0.05) is 18.7 Å². The summed E-state index contributed by atoms with van der Waals surface area (Å²) in [5.41, 5.74) is 8.21. The molecule has 108 valence electrons. The van der Waals surface area contributed by atoms with Crippen LogP contribution in [0.15, 0.2) is 34.2 Å². The highest BCUT2D eigenvalue weighted by atomic mass is 32.2. The largest absolute Gasteiger partial charge is 0.496 e. The van der Waals surface area contributed by atoms with E-state index in [1.54, 1.807) is 18.9 Å². The summed E-state index contributed by atoms with van der Waals surface area (Å²) in [6.07, 6.45) is 0.831. The molecule has 1 atom stereocenters. The Bertz CT molecular complexity index is 593. The van der Waals surface area contributed by atoms with Gasteiger partial charge < -0.3 is 10.5 Å². The second-order valence-corrected chi connectivity index (χ2v) is 5.96. The van der Waals surface area contributed by atoms with Gasteiger partial charge in [0.15, 0.2) is 0 Å². The number of rotatable bonds is 5. The maximum absolute atomic E-state index is 5.95. The van der Waals surface area contributed by atoms with Gasteiger partial charge in [0.05, 0.1) is 17.7 Å². The standard InChI is InChI=1S/C15H21N3OS/c1-10(16)9-12-11(2)17-18(3)15(12)20-14-8-6-5-7-13(14)19-4/h5-8,10H,9,16H2,1-4H3. The maximum Gasteiger partial charge on any atom is 0.132 e. The third-order valence-electron chi connectivity index (χ3n) is 3.09. The third kappa shape index (κ3) is 3.16. The van der Waals surface area contributed by atoms with Crippen LogP contribution < -0.4 is 10.5 Å². The lowest BCUT2D eigenvalue weighted by Crippen LogP contribution is -2.18. The highest BCUT2D eigenvalue weighted by Gasteiger charge is 2.17. The minimum Gasteiger partial charge on any atom is -0.496 e. The first-order valence-corrected chi connectivity index (χ1v) is 7.43. The first-order chi connectivity index (χ1) is 9.52. The first kappa shape index (κ1) is 14.9. The Morgan fingerprint density at radius 3 is 2.75 bits per heavy atom. The number of hydrogen-bond acceptors (Lipinski definition) is 4. The monoisotopic (exact) mass is 291 g/mol. The zero-order chi connectivity index (χ0) is 14.7. The predicted octanol–water partition coefficient (Wildman–Crippen LogP) is 2.78. The summed E-state index contributed by atoms with van der Waals surface area (Å²) in [6, 6.07) is 8.13. The topological polar surface area (TPSA) is 53.1 Å². The van der Waals surface area contributed by atoms with Gasteiger partial charge in [-0.05, 0) is 32.4 Å². The molecular weight excluding hydrogens is 270 g/mol. The fourth-order valence-electron chi connectivity index (χ4n) is 2.17. The second-order valence-electron chi connectivity index (χ2n) is 4.93.